The molecule has 0 bridgehead atoms. The van der Waals surface area contributed by atoms with Gasteiger partial charge in [0.2, 0.25) is 0 Å². The molecule has 2 aromatic heterocycles. The molecule has 184 valence electrons. The van der Waals surface area contributed by atoms with Crippen LogP contribution in [-0.4, -0.2) is 44.7 Å². The van der Waals surface area contributed by atoms with Crippen molar-refractivity contribution in [2.24, 2.45) is 0 Å². The average Bonchev–Trinajstić information content (AvgIpc) is 3.45. The summed E-state index contributed by atoms with van der Waals surface area (Å²) in [5, 5.41) is 4.52. The number of aromatic amines is 1. The van der Waals surface area contributed by atoms with Gasteiger partial charge in [0, 0.05) is 35.4 Å². The number of esters is 1. The minimum Gasteiger partial charge on any atom is -0.462 e. The number of nitrogens with one attached hydrogen (secondary N) is 1. The van der Waals surface area contributed by atoms with Gasteiger partial charge in [-0.25, -0.2) is 9.48 Å². The van der Waals surface area contributed by atoms with Gasteiger partial charge >= 0.3 is 12.1 Å². The number of halogens is 3. The van der Waals surface area contributed by atoms with E-state index in [2.05, 4.69) is 10.1 Å². The number of alkyl halides is 3. The molecule has 10 heteroatoms. The third-order valence-corrected chi connectivity index (χ3v) is 5.99. The van der Waals surface area contributed by atoms with Gasteiger partial charge < -0.3 is 14.6 Å². The standard InChI is InChI=1S/C26H21F3N4O3/c1-2-36-25(35)20-15-32(13-11-19-18-5-3-4-6-21(18)30-23(19)20)24(34)16-7-9-17(10-8-16)33-14-12-22(31-33)26(27,28)29/h3-10,12,14-15,30H,2,11,13H2,1H3. The third kappa shape index (κ3) is 4.26. The summed E-state index contributed by atoms with van der Waals surface area (Å²) in [5.74, 6) is -0.895. The number of amides is 1. The van der Waals surface area contributed by atoms with Crippen LogP contribution in [-0.2, 0) is 22.1 Å². The van der Waals surface area contributed by atoms with Crippen molar-refractivity contribution in [1.82, 2.24) is 19.7 Å². The number of hydrogen-bond donors (Lipinski definition) is 1. The molecule has 3 heterocycles. The number of rotatable bonds is 4. The number of carbonyl (C=O) groups excluding carboxylic acids is 2. The van der Waals surface area contributed by atoms with E-state index < -0.39 is 17.8 Å². The molecule has 0 spiro atoms. The van der Waals surface area contributed by atoms with Crippen molar-refractivity contribution in [3.05, 3.63) is 89.5 Å². The van der Waals surface area contributed by atoms with E-state index in [4.69, 9.17) is 4.74 Å². The molecule has 5 rings (SSSR count). The van der Waals surface area contributed by atoms with Gasteiger partial charge in [0.25, 0.3) is 5.91 Å². The molecule has 0 fully saturated rings. The van der Waals surface area contributed by atoms with Crippen LogP contribution in [0.4, 0.5) is 13.2 Å². The first-order valence-electron chi connectivity index (χ1n) is 11.3. The van der Waals surface area contributed by atoms with Crippen molar-refractivity contribution in [1.29, 1.82) is 0 Å². The Labute approximate surface area is 203 Å². The summed E-state index contributed by atoms with van der Waals surface area (Å²) in [6.07, 6.45) is -1.32. The lowest BCUT2D eigenvalue weighted by molar-refractivity contribution is -0.141. The fraction of sp³-hybridized carbons (Fsp3) is 0.192. The molecule has 0 saturated heterocycles. The molecule has 1 amide bonds. The highest BCUT2D eigenvalue weighted by atomic mass is 19.4. The minimum atomic E-state index is -4.54. The lowest BCUT2D eigenvalue weighted by Crippen LogP contribution is -2.28. The summed E-state index contributed by atoms with van der Waals surface area (Å²) in [4.78, 5) is 30.9. The van der Waals surface area contributed by atoms with Gasteiger partial charge in [-0.1, -0.05) is 18.2 Å². The van der Waals surface area contributed by atoms with Crippen LogP contribution in [0.15, 0.2) is 67.0 Å². The summed E-state index contributed by atoms with van der Waals surface area (Å²) in [5.41, 5.74) is 2.38. The van der Waals surface area contributed by atoms with Gasteiger partial charge in [-0.3, -0.25) is 4.79 Å². The van der Waals surface area contributed by atoms with Crippen LogP contribution in [0, 0.1) is 0 Å². The Morgan fingerprint density at radius 1 is 1.08 bits per heavy atom. The first-order chi connectivity index (χ1) is 17.3. The van der Waals surface area contributed by atoms with Crippen LogP contribution < -0.4 is 0 Å². The van der Waals surface area contributed by atoms with Gasteiger partial charge in [-0.15, -0.1) is 0 Å². The van der Waals surface area contributed by atoms with E-state index in [1.807, 2.05) is 24.3 Å². The maximum atomic E-state index is 13.3. The van der Waals surface area contributed by atoms with Crippen LogP contribution in [0.25, 0.3) is 22.2 Å². The molecule has 36 heavy (non-hydrogen) atoms. The van der Waals surface area contributed by atoms with Crippen LogP contribution in [0.1, 0.15) is 34.2 Å². The molecule has 1 aliphatic heterocycles. The van der Waals surface area contributed by atoms with E-state index in [1.54, 1.807) is 6.92 Å². The largest absolute Gasteiger partial charge is 0.462 e. The second-order valence-corrected chi connectivity index (χ2v) is 8.23. The summed E-state index contributed by atoms with van der Waals surface area (Å²) in [6, 6.07) is 14.7. The fourth-order valence-electron chi connectivity index (χ4n) is 4.27. The van der Waals surface area contributed by atoms with Crippen LogP contribution in [0.2, 0.25) is 0 Å². The van der Waals surface area contributed by atoms with E-state index in [-0.39, 0.29) is 18.1 Å². The maximum Gasteiger partial charge on any atom is 0.435 e. The molecule has 1 N–H and O–H groups in total. The molecule has 0 aliphatic carbocycles. The SMILES string of the molecule is CCOC(=O)C1=CN(C(=O)c2ccc(-n3ccc(C(F)(F)F)n3)cc2)CCc2c1[nH]c1ccccc21. The summed E-state index contributed by atoms with van der Waals surface area (Å²) >= 11 is 0. The average molecular weight is 494 g/mol. The van der Waals surface area contributed by atoms with Crippen molar-refractivity contribution in [3.8, 4) is 5.69 Å². The monoisotopic (exact) mass is 494 g/mol. The number of hydrogen-bond acceptors (Lipinski definition) is 4. The quantitative estimate of drug-likeness (QED) is 0.406. The molecule has 2 aromatic carbocycles. The highest BCUT2D eigenvalue weighted by Gasteiger charge is 2.33. The predicted molar refractivity (Wildman–Crippen MR) is 126 cm³/mol. The Kier molecular flexibility index (Phi) is 5.87. The Hall–Kier alpha value is -4.34. The van der Waals surface area contributed by atoms with Crippen molar-refractivity contribution < 1.29 is 27.5 Å². The number of ether oxygens (including phenoxy) is 1. The molecule has 1 aliphatic rings. The number of H-pyrrole nitrogens is 1. The van der Waals surface area contributed by atoms with Crippen molar-refractivity contribution >= 4 is 28.4 Å². The zero-order valence-electron chi connectivity index (χ0n) is 19.2. The Bertz CT molecular complexity index is 1480. The molecular weight excluding hydrogens is 473 g/mol. The van der Waals surface area contributed by atoms with Gasteiger partial charge in [0.15, 0.2) is 5.69 Å². The lowest BCUT2D eigenvalue weighted by atomic mass is 10.0. The number of nitrogens with zero attached hydrogens (tertiary/aromatic N) is 3. The van der Waals surface area contributed by atoms with Gasteiger partial charge in [-0.05, 0) is 55.3 Å². The summed E-state index contributed by atoms with van der Waals surface area (Å²) in [6.45, 7) is 2.22. The predicted octanol–water partition coefficient (Wildman–Crippen LogP) is 4.97. The van der Waals surface area contributed by atoms with E-state index in [0.717, 1.165) is 27.2 Å². The molecule has 0 radical (unpaired) electrons. The second-order valence-electron chi connectivity index (χ2n) is 8.23. The summed E-state index contributed by atoms with van der Waals surface area (Å²) < 4.78 is 44.9. The highest BCUT2D eigenvalue weighted by Crippen LogP contribution is 2.32. The smallest absolute Gasteiger partial charge is 0.435 e. The van der Waals surface area contributed by atoms with Gasteiger partial charge in [-0.2, -0.15) is 18.3 Å². The van der Waals surface area contributed by atoms with E-state index in [0.29, 0.717) is 29.9 Å². The topological polar surface area (TPSA) is 80.2 Å². The molecule has 0 unspecified atom stereocenters. The number of carbonyl (C=O) groups is 2. The fourth-order valence-corrected chi connectivity index (χ4v) is 4.27. The molecule has 7 nitrogen and oxygen atoms in total. The van der Waals surface area contributed by atoms with Crippen LogP contribution in [0.3, 0.4) is 0 Å². The number of fused-ring (bicyclic) bond motifs is 3. The molecule has 4 aromatic rings. The normalized spacial score (nSPS) is 13.8. The molecular formula is C26H21F3N4O3. The van der Waals surface area contributed by atoms with Gasteiger partial charge in [0.05, 0.1) is 23.6 Å². The van der Waals surface area contributed by atoms with E-state index in [1.165, 1.54) is 41.6 Å². The first-order valence-corrected chi connectivity index (χ1v) is 11.3. The van der Waals surface area contributed by atoms with E-state index >= 15 is 0 Å². The number of aromatic nitrogens is 3. The Morgan fingerprint density at radius 3 is 2.53 bits per heavy atom. The zero-order chi connectivity index (χ0) is 25.4. The lowest BCUT2D eigenvalue weighted by Gasteiger charge is -2.18. The third-order valence-electron chi connectivity index (χ3n) is 5.99. The summed E-state index contributed by atoms with van der Waals surface area (Å²) in [7, 11) is 0. The Morgan fingerprint density at radius 2 is 1.83 bits per heavy atom. The number of para-hydroxylation sites is 1. The maximum absolute atomic E-state index is 13.3. The van der Waals surface area contributed by atoms with Crippen LogP contribution >= 0.6 is 0 Å². The minimum absolute atomic E-state index is 0.185. The van der Waals surface area contributed by atoms with Gasteiger partial charge in [0.1, 0.15) is 0 Å². The highest BCUT2D eigenvalue weighted by molar-refractivity contribution is 6.18. The molecule has 0 saturated carbocycles. The zero-order valence-corrected chi connectivity index (χ0v) is 19.2. The number of benzene rings is 2. The van der Waals surface area contributed by atoms with E-state index in [9.17, 15) is 22.8 Å². The second kappa shape index (κ2) is 9.03. The van der Waals surface area contributed by atoms with Crippen molar-refractivity contribution in [3.63, 3.8) is 0 Å². The molecule has 0 atom stereocenters. The first kappa shape index (κ1) is 23.4. The van der Waals surface area contributed by atoms with Crippen molar-refractivity contribution in [2.45, 2.75) is 19.5 Å². The Balaban J connectivity index is 1.45. The van der Waals surface area contributed by atoms with Crippen molar-refractivity contribution in [2.75, 3.05) is 13.2 Å². The van der Waals surface area contributed by atoms with Crippen LogP contribution in [0.5, 0.6) is 0 Å².